The lowest BCUT2D eigenvalue weighted by molar-refractivity contribution is 0.319. The van der Waals surface area contributed by atoms with Gasteiger partial charge in [0.1, 0.15) is 0 Å². The maximum atomic E-state index is 4.73. The molecule has 5 heteroatoms. The molecule has 3 heterocycles. The highest BCUT2D eigenvalue weighted by Crippen LogP contribution is 2.29. The molecule has 0 N–H and O–H groups in total. The maximum Gasteiger partial charge on any atom is 0.181 e. The highest BCUT2D eigenvalue weighted by Gasteiger charge is 2.25. The zero-order valence-corrected chi connectivity index (χ0v) is 16.1. The summed E-state index contributed by atoms with van der Waals surface area (Å²) in [5.74, 6) is 0. The molecular formula is C21H25N5. The fourth-order valence-electron chi connectivity index (χ4n) is 3.49. The van der Waals surface area contributed by atoms with Gasteiger partial charge in [0.05, 0.1) is 22.9 Å². The SMILES string of the molecule is CC(C)(C)n1cnc2c(CC(C)(C)n3cc4cccnc4n3)cccc21. The average Bonchev–Trinajstić information content (AvgIpc) is 3.19. The van der Waals surface area contributed by atoms with Crippen LogP contribution in [0.5, 0.6) is 0 Å². The van der Waals surface area contributed by atoms with E-state index in [2.05, 4.69) is 73.7 Å². The van der Waals surface area contributed by atoms with Gasteiger partial charge in [-0.1, -0.05) is 12.1 Å². The molecule has 26 heavy (non-hydrogen) atoms. The van der Waals surface area contributed by atoms with E-state index in [4.69, 9.17) is 4.98 Å². The average molecular weight is 347 g/mol. The standard InChI is InChI=1S/C21H25N5/c1-20(2,3)25-14-23-18-15(8-6-10-17(18)25)12-21(4,5)26-13-16-9-7-11-22-19(16)24-26/h6-11,13-14H,12H2,1-5H3. The quantitative estimate of drug-likeness (QED) is 0.548. The molecule has 4 rings (SSSR count). The van der Waals surface area contributed by atoms with E-state index in [1.165, 1.54) is 11.1 Å². The van der Waals surface area contributed by atoms with Crippen molar-refractivity contribution in [1.29, 1.82) is 0 Å². The summed E-state index contributed by atoms with van der Waals surface area (Å²) in [7, 11) is 0. The first-order chi connectivity index (χ1) is 12.3. The van der Waals surface area contributed by atoms with E-state index in [0.717, 1.165) is 23.0 Å². The number of hydrogen-bond acceptors (Lipinski definition) is 3. The van der Waals surface area contributed by atoms with Gasteiger partial charge in [0, 0.05) is 23.3 Å². The second-order valence-corrected chi connectivity index (χ2v) is 8.55. The Kier molecular flexibility index (Phi) is 3.65. The molecule has 0 aliphatic rings. The molecule has 0 bridgehead atoms. The van der Waals surface area contributed by atoms with Gasteiger partial charge in [0.25, 0.3) is 0 Å². The summed E-state index contributed by atoms with van der Waals surface area (Å²) in [6.45, 7) is 11.0. The Morgan fingerprint density at radius 2 is 1.77 bits per heavy atom. The lowest BCUT2D eigenvalue weighted by atomic mass is 9.94. The van der Waals surface area contributed by atoms with Gasteiger partial charge in [-0.25, -0.2) is 9.97 Å². The van der Waals surface area contributed by atoms with Crippen molar-refractivity contribution >= 4 is 22.1 Å². The van der Waals surface area contributed by atoms with Gasteiger partial charge in [0.15, 0.2) is 5.65 Å². The topological polar surface area (TPSA) is 48.5 Å². The molecule has 0 amide bonds. The molecule has 0 aliphatic carbocycles. The third kappa shape index (κ3) is 2.77. The molecule has 0 spiro atoms. The zero-order chi connectivity index (χ0) is 18.5. The molecule has 5 nitrogen and oxygen atoms in total. The van der Waals surface area contributed by atoms with Crippen LogP contribution in [0.25, 0.3) is 22.1 Å². The van der Waals surface area contributed by atoms with Crippen LogP contribution >= 0.6 is 0 Å². The van der Waals surface area contributed by atoms with Crippen molar-refractivity contribution in [2.45, 2.75) is 52.1 Å². The number of para-hydroxylation sites is 1. The summed E-state index contributed by atoms with van der Waals surface area (Å²) in [4.78, 5) is 9.08. The third-order valence-electron chi connectivity index (χ3n) is 4.91. The maximum absolute atomic E-state index is 4.73. The van der Waals surface area contributed by atoms with E-state index in [-0.39, 0.29) is 11.1 Å². The first-order valence-electron chi connectivity index (χ1n) is 9.02. The van der Waals surface area contributed by atoms with Gasteiger partial charge in [-0.05, 0) is 64.8 Å². The Bertz CT molecular complexity index is 1050. The van der Waals surface area contributed by atoms with Gasteiger partial charge in [-0.3, -0.25) is 4.68 Å². The Balaban J connectivity index is 1.75. The number of imidazole rings is 1. The lowest BCUT2D eigenvalue weighted by Gasteiger charge is -2.26. The summed E-state index contributed by atoms with van der Waals surface area (Å²) < 4.78 is 4.27. The Morgan fingerprint density at radius 3 is 2.50 bits per heavy atom. The van der Waals surface area contributed by atoms with E-state index in [9.17, 15) is 0 Å². The third-order valence-corrected chi connectivity index (χ3v) is 4.91. The highest BCUT2D eigenvalue weighted by molar-refractivity contribution is 5.79. The highest BCUT2D eigenvalue weighted by atomic mass is 15.3. The van der Waals surface area contributed by atoms with Crippen LogP contribution < -0.4 is 0 Å². The summed E-state index contributed by atoms with van der Waals surface area (Å²) in [5, 5.41) is 5.75. The smallest absolute Gasteiger partial charge is 0.181 e. The van der Waals surface area contributed by atoms with Crippen LogP contribution in [0.1, 0.15) is 40.2 Å². The fraction of sp³-hybridized carbons (Fsp3) is 0.381. The summed E-state index contributed by atoms with van der Waals surface area (Å²) >= 11 is 0. The largest absolute Gasteiger partial charge is 0.325 e. The first-order valence-corrected chi connectivity index (χ1v) is 9.02. The molecule has 0 saturated heterocycles. The monoisotopic (exact) mass is 347 g/mol. The number of benzene rings is 1. The van der Waals surface area contributed by atoms with Crippen molar-refractivity contribution < 1.29 is 0 Å². The molecular weight excluding hydrogens is 322 g/mol. The van der Waals surface area contributed by atoms with E-state index in [1.807, 2.05) is 23.1 Å². The number of fused-ring (bicyclic) bond motifs is 2. The molecule has 0 fully saturated rings. The van der Waals surface area contributed by atoms with Crippen LogP contribution in [0.2, 0.25) is 0 Å². The van der Waals surface area contributed by atoms with Gasteiger partial charge >= 0.3 is 0 Å². The van der Waals surface area contributed by atoms with Crippen molar-refractivity contribution in [2.75, 3.05) is 0 Å². The van der Waals surface area contributed by atoms with Crippen LogP contribution in [0, 0.1) is 0 Å². The molecule has 4 aromatic rings. The summed E-state index contributed by atoms with van der Waals surface area (Å²) in [6.07, 6.45) is 6.66. The minimum atomic E-state index is -0.180. The van der Waals surface area contributed by atoms with Gasteiger partial charge in [0.2, 0.25) is 0 Å². The molecule has 0 atom stereocenters. The van der Waals surface area contributed by atoms with Crippen LogP contribution in [0.3, 0.4) is 0 Å². The minimum Gasteiger partial charge on any atom is -0.325 e. The van der Waals surface area contributed by atoms with Crippen LogP contribution in [-0.2, 0) is 17.5 Å². The molecule has 0 unspecified atom stereocenters. The van der Waals surface area contributed by atoms with Crippen molar-refractivity contribution in [3.05, 3.63) is 54.6 Å². The molecule has 0 radical (unpaired) electrons. The second kappa shape index (κ2) is 5.66. The zero-order valence-electron chi connectivity index (χ0n) is 16.1. The number of nitrogens with zero attached hydrogens (tertiary/aromatic N) is 5. The van der Waals surface area contributed by atoms with E-state index in [0.29, 0.717) is 0 Å². The summed E-state index contributed by atoms with van der Waals surface area (Å²) in [6, 6.07) is 10.4. The van der Waals surface area contributed by atoms with Crippen LogP contribution in [0.4, 0.5) is 0 Å². The predicted octanol–water partition coefficient (Wildman–Crippen LogP) is 4.51. The predicted molar refractivity (Wildman–Crippen MR) is 105 cm³/mol. The van der Waals surface area contributed by atoms with Gasteiger partial charge in [-0.2, -0.15) is 5.10 Å². The fourth-order valence-corrected chi connectivity index (χ4v) is 3.49. The number of hydrogen-bond donors (Lipinski definition) is 0. The van der Waals surface area contributed by atoms with Gasteiger partial charge in [-0.15, -0.1) is 0 Å². The molecule has 1 aromatic carbocycles. The molecule has 3 aromatic heterocycles. The Labute approximate surface area is 153 Å². The van der Waals surface area contributed by atoms with E-state index >= 15 is 0 Å². The number of aromatic nitrogens is 5. The van der Waals surface area contributed by atoms with Crippen molar-refractivity contribution in [1.82, 2.24) is 24.3 Å². The normalized spacial score (nSPS) is 13.0. The van der Waals surface area contributed by atoms with Crippen molar-refractivity contribution in [3.63, 3.8) is 0 Å². The second-order valence-electron chi connectivity index (χ2n) is 8.55. The molecule has 134 valence electrons. The van der Waals surface area contributed by atoms with Crippen molar-refractivity contribution in [3.8, 4) is 0 Å². The minimum absolute atomic E-state index is 0.00820. The summed E-state index contributed by atoms with van der Waals surface area (Å²) in [5.41, 5.74) is 4.11. The Morgan fingerprint density at radius 1 is 0.962 bits per heavy atom. The van der Waals surface area contributed by atoms with E-state index in [1.54, 1.807) is 6.20 Å². The number of rotatable bonds is 3. The van der Waals surface area contributed by atoms with Crippen molar-refractivity contribution in [2.24, 2.45) is 0 Å². The van der Waals surface area contributed by atoms with E-state index < -0.39 is 0 Å². The van der Waals surface area contributed by atoms with Crippen LogP contribution in [-0.4, -0.2) is 24.3 Å². The lowest BCUT2D eigenvalue weighted by Crippen LogP contribution is -2.29. The molecule has 0 aliphatic heterocycles. The Hall–Kier alpha value is -2.69. The molecule has 0 saturated carbocycles. The van der Waals surface area contributed by atoms with Gasteiger partial charge < -0.3 is 4.57 Å². The van der Waals surface area contributed by atoms with Crippen LogP contribution in [0.15, 0.2) is 49.1 Å². The first kappa shape index (κ1) is 16.8. The number of pyridine rings is 1.